The molecule has 6 nitrogen and oxygen atoms in total. The lowest BCUT2D eigenvalue weighted by atomic mass is 10.1. The van der Waals surface area contributed by atoms with Gasteiger partial charge in [0.2, 0.25) is 0 Å². The number of benzene rings is 1. The van der Waals surface area contributed by atoms with Gasteiger partial charge >= 0.3 is 0 Å². The van der Waals surface area contributed by atoms with Gasteiger partial charge < -0.3 is 10.2 Å². The molecule has 5 rings (SSSR count). The Balaban J connectivity index is 1.44. The zero-order valence-electron chi connectivity index (χ0n) is 17.0. The number of nitrogens with one attached hydrogen (secondary N) is 1. The Bertz CT molecular complexity index is 1100. The van der Waals surface area contributed by atoms with E-state index in [2.05, 4.69) is 15.4 Å². The molecule has 1 fully saturated rings. The summed E-state index contributed by atoms with van der Waals surface area (Å²) < 4.78 is 30.3. The molecule has 1 N–H and O–H groups in total. The number of hydrogen-bond donors (Lipinski definition) is 1. The fourth-order valence-corrected chi connectivity index (χ4v) is 4.53. The normalized spacial score (nSPS) is 17.1. The maximum absolute atomic E-state index is 14.4. The van der Waals surface area contributed by atoms with Crippen molar-refractivity contribution in [1.29, 1.82) is 0 Å². The van der Waals surface area contributed by atoms with Crippen LogP contribution < -0.4 is 10.2 Å². The molecule has 31 heavy (non-hydrogen) atoms. The maximum Gasteiger partial charge on any atom is 0.151 e. The lowest BCUT2D eigenvalue weighted by Crippen LogP contribution is -2.31. The van der Waals surface area contributed by atoms with Crippen LogP contribution in [-0.4, -0.2) is 39.4 Å². The van der Waals surface area contributed by atoms with Gasteiger partial charge in [-0.1, -0.05) is 11.6 Å². The minimum atomic E-state index is -0.625. The van der Waals surface area contributed by atoms with Gasteiger partial charge in [0.15, 0.2) is 5.82 Å². The quantitative estimate of drug-likeness (QED) is 0.613. The lowest BCUT2D eigenvalue weighted by Gasteiger charge is -2.30. The van der Waals surface area contributed by atoms with Gasteiger partial charge in [-0.2, -0.15) is 5.10 Å². The Morgan fingerprint density at radius 1 is 1.13 bits per heavy atom. The van der Waals surface area contributed by atoms with Gasteiger partial charge in [-0.05, 0) is 50.9 Å². The Kier molecular flexibility index (Phi) is 5.58. The zero-order valence-corrected chi connectivity index (χ0v) is 17.7. The summed E-state index contributed by atoms with van der Waals surface area (Å²) in [6.45, 7) is 2.80. The standard InChI is InChI=1S/C22H23ClF2N6/c23-21-16(17(24)3-4-18(21)25)13-30-9-1-2-19-22(30)29-20(11-27-19)14-10-28-31(12-14)15-5-7-26-8-6-15/h3-4,10-12,15,26H,1-2,5-9,13H2. The first-order valence-corrected chi connectivity index (χ1v) is 11.0. The van der Waals surface area contributed by atoms with E-state index in [1.54, 1.807) is 6.20 Å². The largest absolute Gasteiger partial charge is 0.351 e. The average Bonchev–Trinajstić information content (AvgIpc) is 3.30. The molecular weight excluding hydrogens is 422 g/mol. The number of aromatic nitrogens is 4. The summed E-state index contributed by atoms with van der Waals surface area (Å²) in [4.78, 5) is 11.4. The van der Waals surface area contributed by atoms with E-state index in [1.165, 1.54) is 0 Å². The van der Waals surface area contributed by atoms with Crippen molar-refractivity contribution in [2.45, 2.75) is 38.3 Å². The van der Waals surface area contributed by atoms with Crippen molar-refractivity contribution in [2.24, 2.45) is 0 Å². The summed E-state index contributed by atoms with van der Waals surface area (Å²) in [6, 6.07) is 2.54. The van der Waals surface area contributed by atoms with Crippen LogP contribution in [0.3, 0.4) is 0 Å². The first-order valence-electron chi connectivity index (χ1n) is 10.6. The Labute approximate surface area is 184 Å². The molecule has 2 aliphatic rings. The Morgan fingerprint density at radius 2 is 1.94 bits per heavy atom. The van der Waals surface area contributed by atoms with E-state index in [4.69, 9.17) is 16.6 Å². The Morgan fingerprint density at radius 3 is 2.77 bits per heavy atom. The van der Waals surface area contributed by atoms with Gasteiger partial charge in [0, 0.05) is 30.4 Å². The van der Waals surface area contributed by atoms with Crippen LogP contribution in [0.2, 0.25) is 5.02 Å². The summed E-state index contributed by atoms with van der Waals surface area (Å²) in [5.41, 5.74) is 2.61. The number of piperidine rings is 1. The molecule has 1 aromatic carbocycles. The van der Waals surface area contributed by atoms with Crippen LogP contribution >= 0.6 is 11.6 Å². The van der Waals surface area contributed by atoms with Crippen molar-refractivity contribution in [1.82, 2.24) is 25.1 Å². The van der Waals surface area contributed by atoms with E-state index in [9.17, 15) is 8.78 Å². The Hall–Kier alpha value is -2.58. The number of anilines is 1. The molecular formula is C22H23ClF2N6. The highest BCUT2D eigenvalue weighted by molar-refractivity contribution is 6.31. The molecule has 0 radical (unpaired) electrons. The topological polar surface area (TPSA) is 58.9 Å². The highest BCUT2D eigenvalue weighted by Crippen LogP contribution is 2.31. The molecule has 2 aromatic heterocycles. The lowest BCUT2D eigenvalue weighted by molar-refractivity contribution is 0.343. The third-order valence-corrected chi connectivity index (χ3v) is 6.44. The van der Waals surface area contributed by atoms with Gasteiger partial charge in [0.05, 0.1) is 34.8 Å². The summed E-state index contributed by atoms with van der Waals surface area (Å²) in [5, 5.41) is 7.73. The van der Waals surface area contributed by atoms with Crippen molar-refractivity contribution < 1.29 is 8.78 Å². The van der Waals surface area contributed by atoms with Gasteiger partial charge in [-0.3, -0.25) is 9.67 Å². The molecule has 9 heteroatoms. The molecule has 1 saturated heterocycles. The van der Waals surface area contributed by atoms with Gasteiger partial charge in [0.1, 0.15) is 11.6 Å². The van der Waals surface area contributed by atoms with E-state index >= 15 is 0 Å². The van der Waals surface area contributed by atoms with Crippen molar-refractivity contribution in [3.8, 4) is 11.3 Å². The highest BCUT2D eigenvalue weighted by atomic mass is 35.5. The fraction of sp³-hybridized carbons (Fsp3) is 0.409. The van der Waals surface area contributed by atoms with Crippen LogP contribution in [0.25, 0.3) is 11.3 Å². The zero-order chi connectivity index (χ0) is 21.4. The molecule has 0 unspecified atom stereocenters. The van der Waals surface area contributed by atoms with Crippen molar-refractivity contribution in [2.75, 3.05) is 24.5 Å². The molecule has 0 aliphatic carbocycles. The minimum absolute atomic E-state index is 0.139. The number of rotatable bonds is 4. The predicted molar refractivity (Wildman–Crippen MR) is 115 cm³/mol. The third-order valence-electron chi connectivity index (χ3n) is 6.04. The van der Waals surface area contributed by atoms with E-state index in [-0.39, 0.29) is 17.1 Å². The highest BCUT2D eigenvalue weighted by Gasteiger charge is 2.24. The minimum Gasteiger partial charge on any atom is -0.351 e. The van der Waals surface area contributed by atoms with Crippen LogP contribution in [0.4, 0.5) is 14.6 Å². The van der Waals surface area contributed by atoms with E-state index in [1.807, 2.05) is 22.0 Å². The van der Waals surface area contributed by atoms with Crippen LogP contribution in [0.1, 0.15) is 36.6 Å². The smallest absolute Gasteiger partial charge is 0.151 e. The van der Waals surface area contributed by atoms with Crippen LogP contribution in [-0.2, 0) is 13.0 Å². The van der Waals surface area contributed by atoms with Crippen LogP contribution in [0, 0.1) is 11.6 Å². The monoisotopic (exact) mass is 444 g/mol. The molecule has 3 aromatic rings. The first kappa shape index (κ1) is 20.3. The molecule has 4 heterocycles. The van der Waals surface area contributed by atoms with E-state index in [0.717, 1.165) is 67.9 Å². The molecule has 0 saturated carbocycles. The van der Waals surface area contributed by atoms with Crippen molar-refractivity contribution in [3.63, 3.8) is 0 Å². The summed E-state index contributed by atoms with van der Waals surface area (Å²) >= 11 is 6.06. The summed E-state index contributed by atoms with van der Waals surface area (Å²) in [7, 11) is 0. The van der Waals surface area contributed by atoms with Crippen LogP contribution in [0.5, 0.6) is 0 Å². The second kappa shape index (κ2) is 8.51. The number of hydrogen-bond acceptors (Lipinski definition) is 5. The fourth-order valence-electron chi connectivity index (χ4n) is 4.32. The number of nitrogens with zero attached hydrogens (tertiary/aromatic N) is 5. The predicted octanol–water partition coefficient (Wildman–Crippen LogP) is 4.15. The third kappa shape index (κ3) is 4.02. The van der Waals surface area contributed by atoms with Crippen LogP contribution in [0.15, 0.2) is 30.7 Å². The second-order valence-electron chi connectivity index (χ2n) is 8.06. The maximum atomic E-state index is 14.4. The summed E-state index contributed by atoms with van der Waals surface area (Å²) in [6.07, 6.45) is 9.35. The van der Waals surface area contributed by atoms with Crippen molar-refractivity contribution in [3.05, 3.63) is 58.6 Å². The molecule has 0 spiro atoms. The molecule has 162 valence electrons. The van der Waals surface area contributed by atoms with E-state index in [0.29, 0.717) is 18.4 Å². The molecule has 2 aliphatic heterocycles. The molecule has 0 atom stereocenters. The van der Waals surface area contributed by atoms with Gasteiger partial charge in [-0.15, -0.1) is 0 Å². The van der Waals surface area contributed by atoms with E-state index < -0.39 is 11.6 Å². The van der Waals surface area contributed by atoms with Crippen molar-refractivity contribution >= 4 is 17.4 Å². The number of halogens is 3. The second-order valence-corrected chi connectivity index (χ2v) is 8.44. The average molecular weight is 445 g/mol. The number of aryl methyl sites for hydroxylation is 1. The van der Waals surface area contributed by atoms with Gasteiger partial charge in [0.25, 0.3) is 0 Å². The number of fused-ring (bicyclic) bond motifs is 1. The molecule has 0 bridgehead atoms. The summed E-state index contributed by atoms with van der Waals surface area (Å²) in [5.74, 6) is -0.454. The molecule has 0 amide bonds. The SMILES string of the molecule is Fc1ccc(F)c(CN2CCCc3ncc(-c4cnn(C5CCNCC5)c4)nc32)c1Cl. The first-order chi connectivity index (χ1) is 15.1. The van der Waals surface area contributed by atoms with Gasteiger partial charge in [-0.25, -0.2) is 13.8 Å².